The van der Waals surface area contributed by atoms with Gasteiger partial charge in [0.2, 0.25) is 0 Å². The van der Waals surface area contributed by atoms with Crippen LogP contribution in [0.1, 0.15) is 43.9 Å². The van der Waals surface area contributed by atoms with Crippen LogP contribution in [0.15, 0.2) is 48.5 Å². The van der Waals surface area contributed by atoms with Gasteiger partial charge in [0.05, 0.1) is 47.4 Å². The van der Waals surface area contributed by atoms with Gasteiger partial charge in [0, 0.05) is 13.1 Å². The molecule has 1 aliphatic heterocycles. The summed E-state index contributed by atoms with van der Waals surface area (Å²) >= 11 is 0. The minimum Gasteiger partial charge on any atom is -0.452 e. The third-order valence-corrected chi connectivity index (χ3v) is 4.80. The largest absolute Gasteiger partial charge is 0.452 e. The van der Waals surface area contributed by atoms with Gasteiger partial charge in [-0.1, -0.05) is 18.2 Å². The molecule has 9 heteroatoms. The van der Waals surface area contributed by atoms with Crippen molar-refractivity contribution in [2.75, 3.05) is 24.6 Å². The highest BCUT2D eigenvalue weighted by atomic mass is 16.5. The summed E-state index contributed by atoms with van der Waals surface area (Å²) in [6.45, 7) is -0.305. The number of hydrogen-bond acceptors (Lipinski definition) is 7. The quantitative estimate of drug-likeness (QED) is 0.464. The van der Waals surface area contributed by atoms with Crippen LogP contribution in [0, 0.1) is 22.7 Å². The van der Waals surface area contributed by atoms with Gasteiger partial charge in [-0.2, -0.15) is 10.5 Å². The van der Waals surface area contributed by atoms with Crippen LogP contribution in [0.3, 0.4) is 0 Å². The van der Waals surface area contributed by atoms with E-state index in [-0.39, 0.29) is 48.3 Å². The molecule has 0 radical (unpaired) electrons. The van der Waals surface area contributed by atoms with Crippen molar-refractivity contribution >= 4 is 29.4 Å². The van der Waals surface area contributed by atoms with Crippen LogP contribution >= 0.6 is 0 Å². The third-order valence-electron chi connectivity index (χ3n) is 4.80. The molecule has 2 aromatic rings. The van der Waals surface area contributed by atoms with Crippen LogP contribution in [-0.2, 0) is 9.53 Å². The predicted octanol–water partition coefficient (Wildman–Crippen LogP) is 2.30. The van der Waals surface area contributed by atoms with Crippen LogP contribution in [0.25, 0.3) is 0 Å². The summed E-state index contributed by atoms with van der Waals surface area (Å²) in [5.74, 6) is -2.31. The van der Waals surface area contributed by atoms with Crippen LogP contribution in [0.4, 0.5) is 5.69 Å². The maximum atomic E-state index is 12.6. The molecule has 1 heterocycles. The average Bonchev–Trinajstić information content (AvgIpc) is 3.07. The van der Waals surface area contributed by atoms with Crippen molar-refractivity contribution in [1.29, 1.82) is 10.5 Å². The number of nitrogens with zero attached hydrogens (tertiary/aromatic N) is 4. The Morgan fingerprint density at radius 3 is 2.06 bits per heavy atom. The van der Waals surface area contributed by atoms with E-state index in [0.29, 0.717) is 0 Å². The molecular weight excluding hydrogens is 412 g/mol. The third kappa shape index (κ3) is 4.63. The fraction of sp³-hybridized carbons (Fsp3) is 0.217. The molecule has 3 rings (SSSR count). The number of carbonyl (C=O) groups excluding carboxylic acids is 4. The van der Waals surface area contributed by atoms with Gasteiger partial charge in [0.25, 0.3) is 17.7 Å². The highest BCUT2D eigenvalue weighted by Crippen LogP contribution is 2.28. The number of hydrogen-bond donors (Lipinski definition) is 0. The Kier molecular flexibility index (Phi) is 6.94. The molecular formula is C23H18N4O5. The van der Waals surface area contributed by atoms with Gasteiger partial charge in [-0.3, -0.25) is 14.4 Å². The van der Waals surface area contributed by atoms with Crippen molar-refractivity contribution in [3.63, 3.8) is 0 Å². The lowest BCUT2D eigenvalue weighted by molar-refractivity contribution is -0.134. The molecule has 0 aliphatic carbocycles. The Morgan fingerprint density at radius 1 is 0.906 bits per heavy atom. The summed E-state index contributed by atoms with van der Waals surface area (Å²) in [6, 6.07) is 16.1. The summed E-state index contributed by atoms with van der Waals surface area (Å²) in [6.07, 6.45) is 0.181. The molecule has 2 aromatic carbocycles. The number of amides is 3. The number of carbonyl (C=O) groups is 4. The molecule has 0 saturated carbocycles. The lowest BCUT2D eigenvalue weighted by atomic mass is 10.1. The van der Waals surface area contributed by atoms with E-state index < -0.39 is 30.3 Å². The first-order valence-corrected chi connectivity index (χ1v) is 9.74. The highest BCUT2D eigenvalue weighted by molar-refractivity contribution is 6.34. The Balaban J connectivity index is 1.69. The molecule has 0 spiro atoms. The minimum atomic E-state index is -0.808. The summed E-state index contributed by atoms with van der Waals surface area (Å²) in [7, 11) is 0. The van der Waals surface area contributed by atoms with Crippen molar-refractivity contribution in [3.05, 3.63) is 65.2 Å². The van der Waals surface area contributed by atoms with Crippen molar-refractivity contribution in [2.45, 2.75) is 12.8 Å². The molecule has 0 fully saturated rings. The number of rotatable bonds is 8. The predicted molar refractivity (Wildman–Crippen MR) is 111 cm³/mol. The molecule has 1 aliphatic rings. The zero-order valence-electron chi connectivity index (χ0n) is 17.0. The average molecular weight is 430 g/mol. The number of nitriles is 2. The topological polar surface area (TPSA) is 132 Å². The molecule has 9 nitrogen and oxygen atoms in total. The van der Waals surface area contributed by atoms with E-state index in [1.807, 2.05) is 12.1 Å². The molecule has 32 heavy (non-hydrogen) atoms. The summed E-state index contributed by atoms with van der Waals surface area (Å²) < 4.78 is 5.08. The first kappa shape index (κ1) is 22.2. The molecule has 0 bridgehead atoms. The van der Waals surface area contributed by atoms with Gasteiger partial charge >= 0.3 is 5.97 Å². The van der Waals surface area contributed by atoms with E-state index >= 15 is 0 Å². The first-order valence-electron chi connectivity index (χ1n) is 9.74. The Labute approximate surface area is 184 Å². The standard InChI is InChI=1S/C23H18N4O5/c24-10-4-12-26(13-5-11-25)20(28)15-32-23(31)16-6-3-7-17(14-16)27-21(29)18-8-1-2-9-19(18)22(27)30/h1-3,6-9,14H,4-5,12-13,15H2. The summed E-state index contributed by atoms with van der Waals surface area (Å²) in [5.41, 5.74) is 0.839. The van der Waals surface area contributed by atoms with E-state index in [2.05, 4.69) is 0 Å². The minimum absolute atomic E-state index is 0.0625. The van der Waals surface area contributed by atoms with Crippen molar-refractivity contribution in [2.24, 2.45) is 0 Å². The second-order valence-electron chi connectivity index (χ2n) is 6.81. The van der Waals surface area contributed by atoms with E-state index in [9.17, 15) is 19.2 Å². The molecule has 0 N–H and O–H groups in total. The van der Waals surface area contributed by atoms with Gasteiger partial charge in [-0.05, 0) is 30.3 Å². The second kappa shape index (κ2) is 10.0. The zero-order valence-corrected chi connectivity index (χ0v) is 17.0. The van der Waals surface area contributed by atoms with Crippen LogP contribution in [-0.4, -0.2) is 48.3 Å². The molecule has 0 saturated heterocycles. The fourth-order valence-corrected chi connectivity index (χ4v) is 3.23. The number of benzene rings is 2. The molecule has 0 aromatic heterocycles. The zero-order chi connectivity index (χ0) is 23.1. The van der Waals surface area contributed by atoms with Crippen LogP contribution in [0.2, 0.25) is 0 Å². The lowest BCUT2D eigenvalue weighted by Gasteiger charge is -2.20. The molecule has 0 unspecified atom stereocenters. The van der Waals surface area contributed by atoms with Crippen molar-refractivity contribution in [1.82, 2.24) is 4.90 Å². The van der Waals surface area contributed by atoms with Crippen molar-refractivity contribution in [3.8, 4) is 12.1 Å². The van der Waals surface area contributed by atoms with Crippen LogP contribution in [0.5, 0.6) is 0 Å². The molecule has 3 amide bonds. The maximum absolute atomic E-state index is 12.6. The SMILES string of the molecule is N#CCCN(CCC#N)C(=O)COC(=O)c1cccc(N2C(=O)c3ccccc3C2=O)c1. The Hall–Kier alpha value is -4.50. The smallest absolute Gasteiger partial charge is 0.338 e. The van der Waals surface area contributed by atoms with Crippen LogP contribution < -0.4 is 4.90 Å². The normalized spacial score (nSPS) is 12.0. The fourth-order valence-electron chi connectivity index (χ4n) is 3.23. The number of fused-ring (bicyclic) bond motifs is 1. The van der Waals surface area contributed by atoms with Gasteiger partial charge in [-0.15, -0.1) is 0 Å². The van der Waals surface area contributed by atoms with Crippen molar-refractivity contribution < 1.29 is 23.9 Å². The highest BCUT2D eigenvalue weighted by Gasteiger charge is 2.36. The number of ether oxygens (including phenoxy) is 1. The van der Waals surface area contributed by atoms with Gasteiger partial charge in [-0.25, -0.2) is 9.69 Å². The van der Waals surface area contributed by atoms with E-state index in [0.717, 1.165) is 4.90 Å². The van der Waals surface area contributed by atoms with Gasteiger partial charge in [0.15, 0.2) is 6.61 Å². The maximum Gasteiger partial charge on any atom is 0.338 e. The second-order valence-corrected chi connectivity index (χ2v) is 6.81. The number of imide groups is 1. The Bertz CT molecular complexity index is 1110. The molecule has 0 atom stereocenters. The monoisotopic (exact) mass is 430 g/mol. The Morgan fingerprint density at radius 2 is 1.50 bits per heavy atom. The van der Waals surface area contributed by atoms with E-state index in [1.165, 1.54) is 29.2 Å². The van der Waals surface area contributed by atoms with Gasteiger partial charge < -0.3 is 9.64 Å². The van der Waals surface area contributed by atoms with E-state index in [1.54, 1.807) is 24.3 Å². The number of anilines is 1. The first-order chi connectivity index (χ1) is 15.5. The lowest BCUT2D eigenvalue weighted by Crippen LogP contribution is -2.36. The van der Waals surface area contributed by atoms with Gasteiger partial charge in [0.1, 0.15) is 0 Å². The molecule has 160 valence electrons. The number of esters is 1. The summed E-state index contributed by atoms with van der Waals surface area (Å²) in [5, 5.41) is 17.4. The van der Waals surface area contributed by atoms with E-state index in [4.69, 9.17) is 15.3 Å². The summed E-state index contributed by atoms with van der Waals surface area (Å²) in [4.78, 5) is 52.3.